The second kappa shape index (κ2) is 9.33. The van der Waals surface area contributed by atoms with Gasteiger partial charge in [0, 0.05) is 16.7 Å². The number of ether oxygens (including phenoxy) is 1. The molecule has 26 heavy (non-hydrogen) atoms. The van der Waals surface area contributed by atoms with Gasteiger partial charge in [-0.3, -0.25) is 20.4 Å². The van der Waals surface area contributed by atoms with Crippen LogP contribution in [0.2, 0.25) is 5.02 Å². The van der Waals surface area contributed by atoms with Crippen LogP contribution in [0.4, 0.5) is 4.39 Å². The second-order valence-electron chi connectivity index (χ2n) is 5.01. The van der Waals surface area contributed by atoms with E-state index in [0.29, 0.717) is 16.1 Å². The van der Waals surface area contributed by atoms with E-state index in [2.05, 4.69) is 10.9 Å². The van der Waals surface area contributed by atoms with Gasteiger partial charge in [0.15, 0.2) is 6.61 Å². The van der Waals surface area contributed by atoms with E-state index >= 15 is 0 Å². The zero-order chi connectivity index (χ0) is 18.9. The van der Waals surface area contributed by atoms with E-state index in [0.717, 1.165) is 6.08 Å². The molecule has 6 nitrogen and oxygen atoms in total. The van der Waals surface area contributed by atoms with Crippen molar-refractivity contribution in [2.24, 2.45) is 0 Å². The number of nitrogens with one attached hydrogen (secondary N) is 2. The number of rotatable bonds is 5. The summed E-state index contributed by atoms with van der Waals surface area (Å²) in [6, 6.07) is 11.7. The number of hydrogen-bond donors (Lipinski definition) is 2. The van der Waals surface area contributed by atoms with E-state index in [-0.39, 0.29) is 0 Å². The van der Waals surface area contributed by atoms with Gasteiger partial charge >= 0.3 is 5.97 Å². The van der Waals surface area contributed by atoms with E-state index < -0.39 is 30.2 Å². The number of hydrazine groups is 1. The third-order valence-corrected chi connectivity index (χ3v) is 3.28. The lowest BCUT2D eigenvalue weighted by molar-refractivity contribution is -0.144. The lowest BCUT2D eigenvalue weighted by Crippen LogP contribution is -2.43. The highest BCUT2D eigenvalue weighted by molar-refractivity contribution is 6.30. The molecule has 2 amide bonds. The standard InChI is InChI=1S/C18H14ClFN2O4/c19-14-7-5-13(6-8-14)18(25)22-21-16(23)11-26-17(24)9-4-12-2-1-3-15(20)10-12/h1-10H,11H2,(H,21,23)(H,22,25)/b9-4+. The molecule has 2 aromatic carbocycles. The van der Waals surface area contributed by atoms with E-state index in [4.69, 9.17) is 16.3 Å². The largest absolute Gasteiger partial charge is 0.452 e. The van der Waals surface area contributed by atoms with Crippen molar-refractivity contribution in [2.45, 2.75) is 0 Å². The summed E-state index contributed by atoms with van der Waals surface area (Å²) in [5, 5.41) is 0.476. The quantitative estimate of drug-likeness (QED) is 0.477. The Labute approximate surface area is 153 Å². The maximum atomic E-state index is 13.0. The smallest absolute Gasteiger partial charge is 0.331 e. The van der Waals surface area contributed by atoms with Crippen molar-refractivity contribution >= 4 is 35.5 Å². The fourth-order valence-electron chi connectivity index (χ4n) is 1.80. The zero-order valence-corrected chi connectivity index (χ0v) is 14.1. The summed E-state index contributed by atoms with van der Waals surface area (Å²) in [6.07, 6.45) is 2.42. The van der Waals surface area contributed by atoms with Crippen LogP contribution in [0, 0.1) is 5.82 Å². The molecule has 0 spiro atoms. The topological polar surface area (TPSA) is 84.5 Å². The molecule has 134 valence electrons. The zero-order valence-electron chi connectivity index (χ0n) is 13.4. The lowest BCUT2D eigenvalue weighted by Gasteiger charge is -2.07. The minimum atomic E-state index is -0.784. The van der Waals surface area contributed by atoms with Gasteiger partial charge in [-0.1, -0.05) is 23.7 Å². The molecule has 0 aliphatic rings. The van der Waals surface area contributed by atoms with Gasteiger partial charge < -0.3 is 4.74 Å². The molecular formula is C18H14ClFN2O4. The van der Waals surface area contributed by atoms with Crippen LogP contribution in [-0.2, 0) is 14.3 Å². The van der Waals surface area contributed by atoms with Crippen LogP contribution in [0.3, 0.4) is 0 Å². The first-order valence-electron chi connectivity index (χ1n) is 7.39. The summed E-state index contributed by atoms with van der Waals surface area (Å²) in [7, 11) is 0. The minimum Gasteiger partial charge on any atom is -0.452 e. The maximum Gasteiger partial charge on any atom is 0.331 e. The first kappa shape index (κ1) is 19.1. The highest BCUT2D eigenvalue weighted by Crippen LogP contribution is 2.09. The Balaban J connectivity index is 1.73. The van der Waals surface area contributed by atoms with Crippen molar-refractivity contribution < 1.29 is 23.5 Å². The van der Waals surface area contributed by atoms with E-state index in [1.165, 1.54) is 48.5 Å². The van der Waals surface area contributed by atoms with Crippen molar-refractivity contribution in [3.05, 3.63) is 76.6 Å². The van der Waals surface area contributed by atoms with Crippen molar-refractivity contribution in [2.75, 3.05) is 6.61 Å². The van der Waals surface area contributed by atoms with E-state index in [1.807, 2.05) is 0 Å². The Morgan fingerprint density at radius 3 is 2.50 bits per heavy atom. The molecule has 2 rings (SSSR count). The van der Waals surface area contributed by atoms with Crippen molar-refractivity contribution in [3.63, 3.8) is 0 Å². The van der Waals surface area contributed by atoms with E-state index in [1.54, 1.807) is 6.07 Å². The normalized spacial score (nSPS) is 10.4. The third-order valence-electron chi connectivity index (χ3n) is 3.03. The Kier molecular flexibility index (Phi) is 6.87. The molecule has 0 radical (unpaired) electrons. The van der Waals surface area contributed by atoms with Gasteiger partial charge in [-0.15, -0.1) is 0 Å². The van der Waals surface area contributed by atoms with Crippen LogP contribution < -0.4 is 10.9 Å². The van der Waals surface area contributed by atoms with Gasteiger partial charge in [0.1, 0.15) is 5.82 Å². The number of carbonyl (C=O) groups excluding carboxylic acids is 3. The highest BCUT2D eigenvalue weighted by atomic mass is 35.5. The van der Waals surface area contributed by atoms with Crippen molar-refractivity contribution in [1.82, 2.24) is 10.9 Å². The number of amides is 2. The molecular weight excluding hydrogens is 363 g/mol. The van der Waals surface area contributed by atoms with Crippen LogP contribution in [0.15, 0.2) is 54.6 Å². The molecule has 0 aliphatic carbocycles. The van der Waals surface area contributed by atoms with Crippen molar-refractivity contribution in [1.29, 1.82) is 0 Å². The monoisotopic (exact) mass is 376 g/mol. The number of esters is 1. The first-order valence-corrected chi connectivity index (χ1v) is 7.77. The Bertz CT molecular complexity index is 837. The van der Waals surface area contributed by atoms with Crippen molar-refractivity contribution in [3.8, 4) is 0 Å². The number of benzene rings is 2. The Hall–Kier alpha value is -3.19. The van der Waals surface area contributed by atoms with Crippen LogP contribution in [0.5, 0.6) is 0 Å². The maximum absolute atomic E-state index is 13.0. The molecule has 8 heteroatoms. The summed E-state index contributed by atoms with van der Waals surface area (Å²) in [4.78, 5) is 34.8. The van der Waals surface area contributed by atoms with Gasteiger partial charge in [-0.05, 0) is 48.0 Å². The summed E-state index contributed by atoms with van der Waals surface area (Å²) in [6.45, 7) is -0.590. The molecule has 0 bridgehead atoms. The van der Waals surface area contributed by atoms with Crippen LogP contribution in [0.1, 0.15) is 15.9 Å². The molecule has 0 heterocycles. The molecule has 0 unspecified atom stereocenters. The van der Waals surface area contributed by atoms with Crippen LogP contribution in [-0.4, -0.2) is 24.4 Å². The van der Waals surface area contributed by atoms with Gasteiger partial charge in [0.05, 0.1) is 0 Å². The number of hydrogen-bond acceptors (Lipinski definition) is 4. The minimum absolute atomic E-state index is 0.296. The highest BCUT2D eigenvalue weighted by Gasteiger charge is 2.08. The average molecular weight is 377 g/mol. The Morgan fingerprint density at radius 2 is 1.81 bits per heavy atom. The van der Waals surface area contributed by atoms with Gasteiger partial charge in [0.25, 0.3) is 11.8 Å². The van der Waals surface area contributed by atoms with Crippen LogP contribution >= 0.6 is 11.6 Å². The predicted octanol–water partition coefficient (Wildman–Crippen LogP) is 2.50. The molecule has 0 aromatic heterocycles. The van der Waals surface area contributed by atoms with Gasteiger partial charge in [-0.2, -0.15) is 0 Å². The SMILES string of the molecule is O=C(COC(=O)/C=C/c1cccc(F)c1)NNC(=O)c1ccc(Cl)cc1. The molecule has 0 fully saturated rings. The second-order valence-corrected chi connectivity index (χ2v) is 5.44. The van der Waals surface area contributed by atoms with Gasteiger partial charge in [-0.25, -0.2) is 9.18 Å². The molecule has 0 saturated heterocycles. The van der Waals surface area contributed by atoms with E-state index in [9.17, 15) is 18.8 Å². The summed E-state index contributed by atoms with van der Waals surface area (Å²) in [5.74, 6) is -2.49. The Morgan fingerprint density at radius 1 is 1.08 bits per heavy atom. The lowest BCUT2D eigenvalue weighted by atomic mass is 10.2. The summed E-state index contributed by atoms with van der Waals surface area (Å²) in [5.41, 5.74) is 5.05. The molecule has 0 aliphatic heterocycles. The molecule has 2 aromatic rings. The van der Waals surface area contributed by atoms with Gasteiger partial charge in [0.2, 0.25) is 0 Å². The third kappa shape index (κ3) is 6.37. The summed E-state index contributed by atoms with van der Waals surface area (Å²) < 4.78 is 17.7. The fourth-order valence-corrected chi connectivity index (χ4v) is 1.92. The molecule has 0 atom stereocenters. The average Bonchev–Trinajstić information content (AvgIpc) is 2.63. The molecule has 2 N–H and O–H groups in total. The number of carbonyl (C=O) groups is 3. The molecule has 0 saturated carbocycles. The number of halogens is 2. The first-order chi connectivity index (χ1) is 12.4. The fraction of sp³-hybridized carbons (Fsp3) is 0.0556. The van der Waals surface area contributed by atoms with Crippen LogP contribution in [0.25, 0.3) is 6.08 Å². The predicted molar refractivity (Wildman–Crippen MR) is 93.5 cm³/mol. The summed E-state index contributed by atoms with van der Waals surface area (Å²) >= 11 is 5.71.